The number of ether oxygens (including phenoxy) is 1. The van der Waals surface area contributed by atoms with Crippen LogP contribution in [0.4, 0.5) is 15.8 Å². The third kappa shape index (κ3) is 3.26. The van der Waals surface area contributed by atoms with E-state index in [4.69, 9.17) is 4.74 Å². The van der Waals surface area contributed by atoms with Gasteiger partial charge in [-0.3, -0.25) is 9.59 Å². The number of aromatic amines is 1. The van der Waals surface area contributed by atoms with Crippen LogP contribution in [0.2, 0.25) is 0 Å². The zero-order chi connectivity index (χ0) is 19.9. The molecule has 0 bridgehead atoms. The number of fused-ring (bicyclic) bond motifs is 1. The second-order valence-corrected chi connectivity index (χ2v) is 6.69. The third-order valence-corrected chi connectivity index (χ3v) is 4.98. The van der Waals surface area contributed by atoms with Crippen LogP contribution in [0.1, 0.15) is 33.6 Å². The van der Waals surface area contributed by atoms with Gasteiger partial charge in [0.25, 0.3) is 5.91 Å². The molecule has 27 heavy (non-hydrogen) atoms. The zero-order valence-electron chi connectivity index (χ0n) is 16.0. The summed E-state index contributed by atoms with van der Waals surface area (Å²) in [6, 6.07) is 1.27. The minimum absolute atomic E-state index is 0.0418. The molecule has 2 aromatic rings. The van der Waals surface area contributed by atoms with E-state index in [-0.39, 0.29) is 18.2 Å². The molecule has 1 aliphatic heterocycles. The predicted molar refractivity (Wildman–Crippen MR) is 103 cm³/mol. The smallest absolute Gasteiger partial charge is 0.256 e. The van der Waals surface area contributed by atoms with Crippen molar-refractivity contribution < 1.29 is 18.7 Å². The molecule has 3 rings (SSSR count). The Hall–Kier alpha value is -2.93. The maximum atomic E-state index is 14.7. The van der Waals surface area contributed by atoms with E-state index in [1.54, 1.807) is 13.0 Å². The van der Waals surface area contributed by atoms with Gasteiger partial charge in [0.15, 0.2) is 0 Å². The summed E-state index contributed by atoms with van der Waals surface area (Å²) in [6.07, 6.45) is 1.73. The molecule has 0 atom stereocenters. The third-order valence-electron chi connectivity index (χ3n) is 4.98. The van der Waals surface area contributed by atoms with Crippen LogP contribution < -0.4 is 10.6 Å². The van der Waals surface area contributed by atoms with E-state index in [1.807, 2.05) is 20.8 Å². The second kappa shape index (κ2) is 7.00. The highest BCUT2D eigenvalue weighted by Crippen LogP contribution is 2.40. The zero-order valence-corrected chi connectivity index (χ0v) is 16.0. The summed E-state index contributed by atoms with van der Waals surface area (Å²) in [5, 5.41) is 5.27. The SMILES string of the molecule is COCC(=O)Nc1c(F)cc2c(c1C)NC(=O)/C2=C\c1[nH]c(C)c(C)c1C. The van der Waals surface area contributed by atoms with E-state index in [0.717, 1.165) is 22.5 Å². The Balaban J connectivity index is 2.07. The molecular formula is C20H22FN3O3. The molecule has 2 amide bonds. The fourth-order valence-corrected chi connectivity index (χ4v) is 3.22. The summed E-state index contributed by atoms with van der Waals surface area (Å²) in [5.41, 5.74) is 5.87. The Labute approximate surface area is 156 Å². The Morgan fingerprint density at radius 1 is 1.22 bits per heavy atom. The van der Waals surface area contributed by atoms with Crippen molar-refractivity contribution in [1.82, 2.24) is 4.98 Å². The van der Waals surface area contributed by atoms with E-state index < -0.39 is 11.7 Å². The minimum Gasteiger partial charge on any atom is -0.375 e. The molecule has 1 aromatic heterocycles. The Kier molecular flexibility index (Phi) is 4.89. The summed E-state index contributed by atoms with van der Waals surface area (Å²) in [5.74, 6) is -1.38. The number of amides is 2. The first-order chi connectivity index (χ1) is 12.7. The summed E-state index contributed by atoms with van der Waals surface area (Å²) in [6.45, 7) is 7.41. The normalized spacial score (nSPS) is 14.4. The van der Waals surface area contributed by atoms with Crippen molar-refractivity contribution in [3.8, 4) is 0 Å². The Morgan fingerprint density at radius 3 is 2.52 bits per heavy atom. The van der Waals surface area contributed by atoms with Crippen LogP contribution in [0.3, 0.4) is 0 Å². The van der Waals surface area contributed by atoms with E-state index in [9.17, 15) is 14.0 Å². The van der Waals surface area contributed by atoms with Gasteiger partial charge in [-0.15, -0.1) is 0 Å². The highest BCUT2D eigenvalue weighted by molar-refractivity contribution is 6.35. The summed E-state index contributed by atoms with van der Waals surface area (Å²) >= 11 is 0. The van der Waals surface area contributed by atoms with Gasteiger partial charge < -0.3 is 20.4 Å². The van der Waals surface area contributed by atoms with E-state index >= 15 is 0 Å². The maximum absolute atomic E-state index is 14.7. The standard InChI is InChI=1S/C20H22FN3O3/c1-9-10(2)16(22-12(9)4)7-14-13-6-15(21)19(23-17(25)8-27-5)11(3)18(13)24-20(14)26/h6-7,22H,8H2,1-5H3,(H,23,25)(H,24,26)/b14-7-. The highest BCUT2D eigenvalue weighted by atomic mass is 19.1. The van der Waals surface area contributed by atoms with Gasteiger partial charge in [0.1, 0.15) is 12.4 Å². The molecule has 3 N–H and O–H groups in total. The van der Waals surface area contributed by atoms with E-state index in [0.29, 0.717) is 22.4 Å². The quantitative estimate of drug-likeness (QED) is 0.720. The van der Waals surface area contributed by atoms with E-state index in [1.165, 1.54) is 13.2 Å². The van der Waals surface area contributed by atoms with Gasteiger partial charge in [-0.05, 0) is 56.5 Å². The summed E-state index contributed by atoms with van der Waals surface area (Å²) < 4.78 is 19.4. The second-order valence-electron chi connectivity index (χ2n) is 6.69. The number of carbonyl (C=O) groups excluding carboxylic acids is 2. The van der Waals surface area contributed by atoms with Crippen molar-refractivity contribution in [2.75, 3.05) is 24.4 Å². The monoisotopic (exact) mass is 371 g/mol. The first-order valence-corrected chi connectivity index (χ1v) is 8.55. The Morgan fingerprint density at radius 2 is 1.93 bits per heavy atom. The maximum Gasteiger partial charge on any atom is 0.256 e. The summed E-state index contributed by atoms with van der Waals surface area (Å²) in [7, 11) is 1.38. The average Bonchev–Trinajstić information content (AvgIpc) is 3.04. The van der Waals surface area contributed by atoms with Crippen molar-refractivity contribution >= 4 is 34.8 Å². The van der Waals surface area contributed by atoms with Crippen LogP contribution in [0.15, 0.2) is 6.07 Å². The van der Waals surface area contributed by atoms with Crippen LogP contribution in [0.25, 0.3) is 11.6 Å². The molecule has 0 radical (unpaired) electrons. The van der Waals surface area contributed by atoms with Crippen LogP contribution >= 0.6 is 0 Å². The molecule has 0 saturated carbocycles. The summed E-state index contributed by atoms with van der Waals surface area (Å²) in [4.78, 5) is 27.5. The number of nitrogens with one attached hydrogen (secondary N) is 3. The fourth-order valence-electron chi connectivity index (χ4n) is 3.22. The van der Waals surface area contributed by atoms with Crippen molar-refractivity contribution in [2.45, 2.75) is 27.7 Å². The molecular weight excluding hydrogens is 349 g/mol. The van der Waals surface area contributed by atoms with Crippen molar-refractivity contribution in [3.63, 3.8) is 0 Å². The van der Waals surface area contributed by atoms with Crippen molar-refractivity contribution in [1.29, 1.82) is 0 Å². The highest BCUT2D eigenvalue weighted by Gasteiger charge is 2.29. The average molecular weight is 371 g/mol. The molecule has 6 nitrogen and oxygen atoms in total. The number of methoxy groups -OCH3 is 1. The number of aromatic nitrogens is 1. The van der Waals surface area contributed by atoms with Crippen molar-refractivity contribution in [2.24, 2.45) is 0 Å². The number of H-pyrrole nitrogens is 1. The fraction of sp³-hybridized carbons (Fsp3) is 0.300. The topological polar surface area (TPSA) is 83.2 Å². The lowest BCUT2D eigenvalue weighted by atomic mass is 10.0. The lowest BCUT2D eigenvalue weighted by molar-refractivity contribution is -0.119. The Bertz CT molecular complexity index is 989. The van der Waals surface area contributed by atoms with Gasteiger partial charge in [0, 0.05) is 24.1 Å². The predicted octanol–water partition coefficient (Wildman–Crippen LogP) is 3.47. The number of carbonyl (C=O) groups is 2. The van der Waals surface area contributed by atoms with E-state index in [2.05, 4.69) is 15.6 Å². The molecule has 0 saturated heterocycles. The van der Waals surface area contributed by atoms with Gasteiger partial charge >= 0.3 is 0 Å². The number of anilines is 2. The molecule has 142 valence electrons. The van der Waals surface area contributed by atoms with Gasteiger partial charge in [-0.1, -0.05) is 0 Å². The van der Waals surface area contributed by atoms with Crippen LogP contribution in [-0.4, -0.2) is 30.5 Å². The molecule has 0 aliphatic carbocycles. The lowest BCUT2D eigenvalue weighted by Crippen LogP contribution is -2.19. The van der Waals surface area contributed by atoms with Crippen LogP contribution in [0, 0.1) is 33.5 Å². The van der Waals surface area contributed by atoms with Crippen molar-refractivity contribution in [3.05, 3.63) is 45.5 Å². The molecule has 1 aliphatic rings. The van der Waals surface area contributed by atoms with Gasteiger partial charge in [-0.2, -0.15) is 0 Å². The molecule has 2 heterocycles. The lowest BCUT2D eigenvalue weighted by Gasteiger charge is -2.13. The number of halogens is 1. The molecule has 7 heteroatoms. The number of hydrogen-bond donors (Lipinski definition) is 3. The molecule has 0 spiro atoms. The molecule has 1 aromatic carbocycles. The van der Waals surface area contributed by atoms with Gasteiger partial charge in [0.2, 0.25) is 5.91 Å². The number of benzene rings is 1. The first-order valence-electron chi connectivity index (χ1n) is 8.55. The van der Waals surface area contributed by atoms with Gasteiger partial charge in [-0.25, -0.2) is 4.39 Å². The molecule has 0 fully saturated rings. The van der Waals surface area contributed by atoms with Crippen LogP contribution in [-0.2, 0) is 14.3 Å². The van der Waals surface area contributed by atoms with Crippen LogP contribution in [0.5, 0.6) is 0 Å². The molecule has 0 unspecified atom stereocenters. The minimum atomic E-state index is -0.603. The largest absolute Gasteiger partial charge is 0.375 e. The number of hydrogen-bond acceptors (Lipinski definition) is 3. The number of rotatable bonds is 4. The first kappa shape index (κ1) is 18.8. The number of aryl methyl sites for hydroxylation is 1. The van der Waals surface area contributed by atoms with Gasteiger partial charge in [0.05, 0.1) is 16.9 Å².